The van der Waals surface area contributed by atoms with Crippen LogP contribution in [0.4, 0.5) is 17.2 Å². The fourth-order valence-electron chi connectivity index (χ4n) is 2.40. The first kappa shape index (κ1) is 19.3. The molecule has 8 heteroatoms. The van der Waals surface area contributed by atoms with Crippen LogP contribution in [0.25, 0.3) is 0 Å². The summed E-state index contributed by atoms with van der Waals surface area (Å²) in [6, 6.07) is 15.1. The number of benzene rings is 2. The van der Waals surface area contributed by atoms with Gasteiger partial charge in [-0.1, -0.05) is 23.7 Å². The van der Waals surface area contributed by atoms with Gasteiger partial charge in [-0.2, -0.15) is 0 Å². The summed E-state index contributed by atoms with van der Waals surface area (Å²) in [5.74, 6) is -0.472. The van der Waals surface area contributed by atoms with Crippen LogP contribution in [-0.4, -0.2) is 28.5 Å². The SMILES string of the molecule is CCOC(=O)c1ccccc1Nc1cc(C(=O)Nc2ccc(Cl)cc2)ncn1. The van der Waals surface area contributed by atoms with Crippen molar-refractivity contribution < 1.29 is 14.3 Å². The number of ether oxygens (including phenoxy) is 1. The molecule has 0 saturated carbocycles. The quantitative estimate of drug-likeness (QED) is 0.603. The zero-order chi connectivity index (χ0) is 19.9. The number of rotatable bonds is 6. The van der Waals surface area contributed by atoms with Crippen molar-refractivity contribution in [2.24, 2.45) is 0 Å². The molecule has 28 heavy (non-hydrogen) atoms. The summed E-state index contributed by atoms with van der Waals surface area (Å²) in [6.45, 7) is 2.01. The third-order valence-electron chi connectivity index (χ3n) is 3.69. The Morgan fingerprint density at radius 3 is 2.57 bits per heavy atom. The second kappa shape index (κ2) is 8.96. The highest BCUT2D eigenvalue weighted by Gasteiger charge is 2.14. The van der Waals surface area contributed by atoms with Crippen molar-refractivity contribution in [3.8, 4) is 0 Å². The first-order valence-corrected chi connectivity index (χ1v) is 8.86. The summed E-state index contributed by atoms with van der Waals surface area (Å²) in [7, 11) is 0. The van der Waals surface area contributed by atoms with E-state index in [0.717, 1.165) is 0 Å². The van der Waals surface area contributed by atoms with E-state index in [2.05, 4.69) is 20.6 Å². The van der Waals surface area contributed by atoms with Crippen molar-refractivity contribution in [2.75, 3.05) is 17.2 Å². The fraction of sp³-hybridized carbons (Fsp3) is 0.100. The summed E-state index contributed by atoms with van der Waals surface area (Å²) < 4.78 is 5.06. The molecule has 0 saturated heterocycles. The molecule has 3 rings (SSSR count). The molecule has 1 aromatic heterocycles. The van der Waals surface area contributed by atoms with Crippen molar-refractivity contribution in [2.45, 2.75) is 6.92 Å². The van der Waals surface area contributed by atoms with Gasteiger partial charge in [-0.05, 0) is 43.3 Å². The van der Waals surface area contributed by atoms with Gasteiger partial charge >= 0.3 is 5.97 Å². The van der Waals surface area contributed by atoms with Crippen molar-refractivity contribution in [1.29, 1.82) is 0 Å². The molecule has 0 aliphatic rings. The zero-order valence-electron chi connectivity index (χ0n) is 15.0. The number of hydrogen-bond donors (Lipinski definition) is 2. The Balaban J connectivity index is 1.78. The molecule has 142 valence electrons. The summed E-state index contributed by atoms with van der Waals surface area (Å²) in [6.07, 6.45) is 1.27. The van der Waals surface area contributed by atoms with Crippen LogP contribution in [0.2, 0.25) is 5.02 Å². The van der Waals surface area contributed by atoms with Crippen LogP contribution >= 0.6 is 11.6 Å². The Hall–Kier alpha value is -3.45. The molecule has 3 aromatic rings. The molecule has 0 aliphatic carbocycles. The molecule has 7 nitrogen and oxygen atoms in total. The molecule has 0 radical (unpaired) electrons. The van der Waals surface area contributed by atoms with E-state index >= 15 is 0 Å². The minimum absolute atomic E-state index is 0.168. The first-order valence-electron chi connectivity index (χ1n) is 8.49. The summed E-state index contributed by atoms with van der Waals surface area (Å²) in [5.41, 5.74) is 1.65. The Kier molecular flexibility index (Phi) is 6.18. The van der Waals surface area contributed by atoms with Crippen LogP contribution in [0.5, 0.6) is 0 Å². The third kappa shape index (κ3) is 4.83. The normalized spacial score (nSPS) is 10.2. The van der Waals surface area contributed by atoms with Crippen molar-refractivity contribution in [3.05, 3.63) is 77.2 Å². The van der Waals surface area contributed by atoms with Gasteiger partial charge in [0.05, 0.1) is 17.9 Å². The smallest absolute Gasteiger partial charge is 0.340 e. The lowest BCUT2D eigenvalue weighted by Gasteiger charge is -2.11. The molecule has 0 spiro atoms. The largest absolute Gasteiger partial charge is 0.462 e. The topological polar surface area (TPSA) is 93.2 Å². The molecule has 2 N–H and O–H groups in total. The van der Waals surface area contributed by atoms with E-state index in [4.69, 9.17) is 16.3 Å². The van der Waals surface area contributed by atoms with Crippen LogP contribution in [0.1, 0.15) is 27.8 Å². The van der Waals surface area contributed by atoms with E-state index in [1.807, 2.05) is 0 Å². The summed E-state index contributed by atoms with van der Waals surface area (Å²) >= 11 is 5.84. The zero-order valence-corrected chi connectivity index (χ0v) is 15.7. The van der Waals surface area contributed by atoms with E-state index in [0.29, 0.717) is 27.8 Å². The van der Waals surface area contributed by atoms with Crippen LogP contribution in [0.3, 0.4) is 0 Å². The Morgan fingerprint density at radius 1 is 1.07 bits per heavy atom. The standard InChI is InChI=1S/C20H17ClN4O3/c1-2-28-20(27)15-5-3-4-6-16(15)25-18-11-17(22-12-23-18)19(26)24-14-9-7-13(21)8-10-14/h3-12H,2H2,1H3,(H,24,26)(H,22,23,25). The van der Waals surface area contributed by atoms with Crippen LogP contribution in [-0.2, 0) is 4.74 Å². The number of anilines is 3. The number of hydrogen-bond acceptors (Lipinski definition) is 6. The maximum atomic E-state index is 12.4. The molecule has 0 bridgehead atoms. The van der Waals surface area contributed by atoms with Gasteiger partial charge in [0.1, 0.15) is 17.8 Å². The van der Waals surface area contributed by atoms with Gasteiger partial charge in [0.2, 0.25) is 0 Å². The van der Waals surface area contributed by atoms with E-state index in [1.54, 1.807) is 55.5 Å². The lowest BCUT2D eigenvalue weighted by atomic mass is 10.2. The van der Waals surface area contributed by atoms with Gasteiger partial charge in [0.15, 0.2) is 0 Å². The second-order valence-corrected chi connectivity index (χ2v) is 6.08. The molecular formula is C20H17ClN4O3. The molecular weight excluding hydrogens is 380 g/mol. The van der Waals surface area contributed by atoms with Gasteiger partial charge in [-0.3, -0.25) is 4.79 Å². The molecule has 2 aromatic carbocycles. The van der Waals surface area contributed by atoms with Gasteiger partial charge in [0.25, 0.3) is 5.91 Å². The molecule has 0 aliphatic heterocycles. The number of nitrogens with one attached hydrogen (secondary N) is 2. The predicted molar refractivity (Wildman–Crippen MR) is 107 cm³/mol. The number of halogens is 1. The first-order chi connectivity index (χ1) is 13.6. The van der Waals surface area contributed by atoms with Gasteiger partial charge < -0.3 is 15.4 Å². The molecule has 1 heterocycles. The van der Waals surface area contributed by atoms with Crippen molar-refractivity contribution in [3.63, 3.8) is 0 Å². The number of nitrogens with zero attached hydrogens (tertiary/aromatic N) is 2. The summed E-state index contributed by atoms with van der Waals surface area (Å²) in [4.78, 5) is 32.6. The highest BCUT2D eigenvalue weighted by Crippen LogP contribution is 2.21. The van der Waals surface area contributed by atoms with Crippen LogP contribution < -0.4 is 10.6 Å². The van der Waals surface area contributed by atoms with E-state index in [-0.39, 0.29) is 12.3 Å². The summed E-state index contributed by atoms with van der Waals surface area (Å²) in [5, 5.41) is 6.34. The Labute approximate surface area is 166 Å². The Bertz CT molecular complexity index is 993. The minimum atomic E-state index is -0.444. The monoisotopic (exact) mass is 396 g/mol. The number of aromatic nitrogens is 2. The van der Waals surface area contributed by atoms with E-state index in [9.17, 15) is 9.59 Å². The molecule has 1 amide bonds. The van der Waals surface area contributed by atoms with Crippen molar-refractivity contribution >= 4 is 40.7 Å². The highest BCUT2D eigenvalue weighted by atomic mass is 35.5. The number of amides is 1. The average Bonchev–Trinajstić information content (AvgIpc) is 2.70. The molecule has 0 atom stereocenters. The van der Waals surface area contributed by atoms with Crippen LogP contribution in [0.15, 0.2) is 60.9 Å². The lowest BCUT2D eigenvalue weighted by Crippen LogP contribution is -2.14. The number of carbonyl (C=O) groups is 2. The number of carbonyl (C=O) groups excluding carboxylic acids is 2. The van der Waals surface area contributed by atoms with Gasteiger partial charge in [0, 0.05) is 16.8 Å². The Morgan fingerprint density at radius 2 is 1.82 bits per heavy atom. The van der Waals surface area contributed by atoms with E-state index < -0.39 is 11.9 Å². The fourth-order valence-corrected chi connectivity index (χ4v) is 2.52. The number of para-hydroxylation sites is 1. The maximum absolute atomic E-state index is 12.4. The maximum Gasteiger partial charge on any atom is 0.340 e. The lowest BCUT2D eigenvalue weighted by molar-refractivity contribution is 0.0527. The minimum Gasteiger partial charge on any atom is -0.462 e. The highest BCUT2D eigenvalue weighted by molar-refractivity contribution is 6.30. The number of esters is 1. The van der Waals surface area contributed by atoms with Gasteiger partial charge in [-0.15, -0.1) is 0 Å². The molecule has 0 fully saturated rings. The third-order valence-corrected chi connectivity index (χ3v) is 3.94. The van der Waals surface area contributed by atoms with E-state index in [1.165, 1.54) is 12.4 Å². The predicted octanol–water partition coefficient (Wildman–Crippen LogP) is 4.30. The average molecular weight is 397 g/mol. The van der Waals surface area contributed by atoms with Crippen LogP contribution in [0, 0.1) is 0 Å². The van der Waals surface area contributed by atoms with Crippen molar-refractivity contribution in [1.82, 2.24) is 9.97 Å². The second-order valence-electron chi connectivity index (χ2n) is 5.64. The van der Waals surface area contributed by atoms with Gasteiger partial charge in [-0.25, -0.2) is 14.8 Å². The molecule has 0 unspecified atom stereocenters.